The van der Waals surface area contributed by atoms with Crippen molar-refractivity contribution in [2.75, 3.05) is 19.6 Å². The van der Waals surface area contributed by atoms with Gasteiger partial charge in [0.2, 0.25) is 0 Å². The Morgan fingerprint density at radius 1 is 0.744 bits per heavy atom. The van der Waals surface area contributed by atoms with Crippen LogP contribution in [0.4, 0.5) is 0 Å². The first-order valence-electron chi connectivity index (χ1n) is 15.2. The van der Waals surface area contributed by atoms with Crippen LogP contribution in [0.15, 0.2) is 95.8 Å². The van der Waals surface area contributed by atoms with Crippen molar-refractivity contribution in [1.29, 1.82) is 0 Å². The predicted octanol–water partition coefficient (Wildman–Crippen LogP) is 7.73. The van der Waals surface area contributed by atoms with Crippen LogP contribution < -0.4 is 5.56 Å². The van der Waals surface area contributed by atoms with Crippen LogP contribution in [0.1, 0.15) is 36.9 Å². The van der Waals surface area contributed by atoms with E-state index in [2.05, 4.69) is 44.8 Å². The third-order valence-corrected chi connectivity index (χ3v) is 8.70. The fourth-order valence-electron chi connectivity index (χ4n) is 6.21. The molecule has 2 aromatic heterocycles. The van der Waals surface area contributed by atoms with Gasteiger partial charge in [-0.15, -0.1) is 0 Å². The van der Waals surface area contributed by atoms with Crippen LogP contribution >= 0.6 is 11.6 Å². The Morgan fingerprint density at radius 2 is 1.53 bits per heavy atom. The second-order valence-electron chi connectivity index (χ2n) is 11.5. The zero-order chi connectivity index (χ0) is 29.2. The lowest BCUT2D eigenvalue weighted by atomic mass is 10.0. The van der Waals surface area contributed by atoms with Crippen molar-refractivity contribution in [1.82, 2.24) is 24.4 Å². The number of hydrogen-bond donors (Lipinski definition) is 1. The van der Waals surface area contributed by atoms with E-state index in [0.29, 0.717) is 17.6 Å². The summed E-state index contributed by atoms with van der Waals surface area (Å²) >= 11 is 6.16. The highest BCUT2D eigenvalue weighted by Crippen LogP contribution is 2.31. The number of imidazole rings is 1. The van der Waals surface area contributed by atoms with E-state index in [1.165, 1.54) is 32.4 Å². The molecule has 6 aromatic rings. The average molecular weight is 588 g/mol. The van der Waals surface area contributed by atoms with Crippen LogP contribution in [-0.2, 0) is 13.0 Å². The summed E-state index contributed by atoms with van der Waals surface area (Å²) < 4.78 is 2.34. The second kappa shape index (κ2) is 12.2. The summed E-state index contributed by atoms with van der Waals surface area (Å²) in [5.41, 5.74) is 8.06. The predicted molar refractivity (Wildman–Crippen MR) is 176 cm³/mol. The molecular weight excluding hydrogens is 554 g/mol. The first-order valence-corrected chi connectivity index (χ1v) is 15.5. The Labute approximate surface area is 256 Å². The number of aryl methyl sites for hydroxylation is 1. The molecule has 0 saturated carbocycles. The number of hydrogen-bond acceptors (Lipinski definition) is 4. The van der Waals surface area contributed by atoms with Gasteiger partial charge in [-0.3, -0.25) is 4.79 Å². The maximum Gasteiger partial charge on any atom is 0.270 e. The monoisotopic (exact) mass is 587 g/mol. The lowest BCUT2D eigenvalue weighted by Crippen LogP contribution is -2.31. The molecule has 0 bridgehead atoms. The zero-order valence-electron chi connectivity index (χ0n) is 24.1. The van der Waals surface area contributed by atoms with Crippen LogP contribution in [0.5, 0.6) is 0 Å². The molecule has 1 fully saturated rings. The number of rotatable bonds is 8. The zero-order valence-corrected chi connectivity index (χ0v) is 24.9. The molecule has 1 N–H and O–H groups in total. The molecule has 0 radical (unpaired) electrons. The van der Waals surface area contributed by atoms with Crippen molar-refractivity contribution in [2.45, 2.75) is 38.6 Å². The number of piperidine rings is 1. The number of fused-ring (bicyclic) bond motifs is 2. The molecule has 0 atom stereocenters. The van der Waals surface area contributed by atoms with E-state index >= 15 is 0 Å². The topological polar surface area (TPSA) is 66.8 Å². The summed E-state index contributed by atoms with van der Waals surface area (Å²) in [7, 11) is 0. The van der Waals surface area contributed by atoms with Gasteiger partial charge in [-0.05, 0) is 85.9 Å². The van der Waals surface area contributed by atoms with Gasteiger partial charge in [0.25, 0.3) is 5.56 Å². The third kappa shape index (κ3) is 5.99. The van der Waals surface area contributed by atoms with Crippen molar-refractivity contribution >= 4 is 33.7 Å². The summed E-state index contributed by atoms with van der Waals surface area (Å²) in [4.78, 5) is 28.7. The molecule has 0 spiro atoms. The van der Waals surface area contributed by atoms with Gasteiger partial charge >= 0.3 is 0 Å². The van der Waals surface area contributed by atoms with Crippen LogP contribution in [0.25, 0.3) is 44.6 Å². The molecular formula is C36H34ClN5O. The number of aromatic amines is 1. The normalized spacial score (nSPS) is 14.1. The minimum absolute atomic E-state index is 0.160. The second-order valence-corrected chi connectivity index (χ2v) is 11.9. The molecule has 43 heavy (non-hydrogen) atoms. The van der Waals surface area contributed by atoms with Crippen LogP contribution in [0.2, 0.25) is 5.02 Å². The van der Waals surface area contributed by atoms with E-state index in [-0.39, 0.29) is 5.56 Å². The molecule has 0 aliphatic carbocycles. The average Bonchev–Trinajstić information content (AvgIpc) is 3.39. The number of H-pyrrole nitrogens is 1. The Hall–Kier alpha value is -4.26. The molecule has 7 rings (SSSR count). The Morgan fingerprint density at radius 3 is 2.35 bits per heavy atom. The summed E-state index contributed by atoms with van der Waals surface area (Å²) in [6, 6.07) is 30.5. The van der Waals surface area contributed by atoms with Gasteiger partial charge in [-0.1, -0.05) is 78.7 Å². The molecule has 0 amide bonds. The quantitative estimate of drug-likeness (QED) is 0.198. The Bertz CT molecular complexity index is 1940. The highest BCUT2D eigenvalue weighted by Gasteiger charge is 2.17. The van der Waals surface area contributed by atoms with E-state index in [0.717, 1.165) is 69.2 Å². The van der Waals surface area contributed by atoms with Crippen molar-refractivity contribution in [3.63, 3.8) is 0 Å². The molecule has 4 aromatic carbocycles. The summed E-state index contributed by atoms with van der Waals surface area (Å²) in [5.74, 6) is 0.923. The molecule has 216 valence electrons. The van der Waals surface area contributed by atoms with Gasteiger partial charge in [-0.2, -0.15) is 0 Å². The van der Waals surface area contributed by atoms with Crippen LogP contribution in [-0.4, -0.2) is 44.1 Å². The number of halogens is 1. The summed E-state index contributed by atoms with van der Waals surface area (Å²) in [6.45, 7) is 4.29. The smallest absolute Gasteiger partial charge is 0.270 e. The molecule has 1 saturated heterocycles. The van der Waals surface area contributed by atoms with Gasteiger partial charge in [-0.25, -0.2) is 9.97 Å². The van der Waals surface area contributed by atoms with Crippen molar-refractivity contribution < 1.29 is 0 Å². The molecule has 1 aliphatic heterocycles. The van der Waals surface area contributed by atoms with Gasteiger partial charge in [0.15, 0.2) is 0 Å². The SMILES string of the molecule is O=c1[nH]c2cc3nc(-c4cccc(-c5ccc(Cl)cc5)c4)n(CCCN4CCCCC4)c3cc2nc1Cc1ccccc1. The summed E-state index contributed by atoms with van der Waals surface area (Å²) in [6.07, 6.45) is 5.44. The van der Waals surface area contributed by atoms with Gasteiger partial charge in [0, 0.05) is 23.6 Å². The molecule has 1 aliphatic rings. The van der Waals surface area contributed by atoms with E-state index < -0.39 is 0 Å². The highest BCUT2D eigenvalue weighted by atomic mass is 35.5. The highest BCUT2D eigenvalue weighted by molar-refractivity contribution is 6.30. The van der Waals surface area contributed by atoms with Gasteiger partial charge in [0.1, 0.15) is 11.5 Å². The van der Waals surface area contributed by atoms with E-state index in [4.69, 9.17) is 21.6 Å². The largest absolute Gasteiger partial charge is 0.324 e. The Balaban J connectivity index is 1.30. The minimum atomic E-state index is -0.160. The van der Waals surface area contributed by atoms with Gasteiger partial charge < -0.3 is 14.5 Å². The Kier molecular flexibility index (Phi) is 7.79. The van der Waals surface area contributed by atoms with Crippen LogP contribution in [0.3, 0.4) is 0 Å². The minimum Gasteiger partial charge on any atom is -0.324 e. The van der Waals surface area contributed by atoms with Crippen LogP contribution in [0, 0.1) is 0 Å². The standard InChI is InChI=1S/C36H34ClN5O/c37-29-15-13-26(14-16-29)27-11-7-12-28(22-27)35-39-32-23-30-31(38-33(36(43)40-30)21-25-9-3-1-4-10-25)24-34(32)42(35)20-8-19-41-17-5-2-6-18-41/h1,3-4,7,9-16,22-24H,2,5-6,8,17-21H2,(H,40,43). The fourth-order valence-corrected chi connectivity index (χ4v) is 6.34. The third-order valence-electron chi connectivity index (χ3n) is 8.45. The lowest BCUT2D eigenvalue weighted by Gasteiger charge is -2.26. The molecule has 6 nitrogen and oxygen atoms in total. The number of nitrogens with one attached hydrogen (secondary N) is 1. The molecule has 7 heteroatoms. The number of benzene rings is 4. The van der Waals surface area contributed by atoms with Crippen molar-refractivity contribution in [3.8, 4) is 22.5 Å². The van der Waals surface area contributed by atoms with E-state index in [1.807, 2.05) is 60.7 Å². The molecule has 3 heterocycles. The first kappa shape index (κ1) is 27.6. The van der Waals surface area contributed by atoms with E-state index in [9.17, 15) is 4.79 Å². The van der Waals surface area contributed by atoms with Crippen molar-refractivity contribution in [3.05, 3.63) is 118 Å². The maximum absolute atomic E-state index is 13.0. The fraction of sp³-hybridized carbons (Fsp3) is 0.250. The number of nitrogens with zero attached hydrogens (tertiary/aromatic N) is 4. The van der Waals surface area contributed by atoms with Gasteiger partial charge in [0.05, 0.1) is 22.1 Å². The number of likely N-dealkylation sites (tertiary alicyclic amines) is 1. The number of aromatic nitrogens is 4. The lowest BCUT2D eigenvalue weighted by molar-refractivity contribution is 0.223. The maximum atomic E-state index is 13.0. The first-order chi connectivity index (χ1) is 21.1. The van der Waals surface area contributed by atoms with E-state index in [1.54, 1.807) is 0 Å². The molecule has 0 unspecified atom stereocenters. The van der Waals surface area contributed by atoms with Crippen molar-refractivity contribution in [2.24, 2.45) is 0 Å². The summed E-state index contributed by atoms with van der Waals surface area (Å²) in [5, 5.41) is 0.723.